The molecule has 0 aliphatic carbocycles. The first-order valence-corrected chi connectivity index (χ1v) is 9.85. The van der Waals surface area contributed by atoms with E-state index in [0.717, 1.165) is 24.6 Å². The second-order valence-electron chi connectivity index (χ2n) is 7.31. The van der Waals surface area contributed by atoms with Crippen molar-refractivity contribution in [1.82, 2.24) is 5.32 Å². The van der Waals surface area contributed by atoms with Crippen LogP contribution in [0.1, 0.15) is 48.7 Å². The fourth-order valence-electron chi connectivity index (χ4n) is 3.41. The standard InChI is InChI=1S/C22H27ClN2O2/c1-15-10-12-25(13-11-15)19-7-4-17(5-8-19)16(2)24-22(26)18-6-9-21(27-3)20(23)14-18/h4-9,14-16H,10-13H2,1-3H3,(H,24,26). The minimum Gasteiger partial charge on any atom is -0.495 e. The van der Waals surface area contributed by atoms with Gasteiger partial charge in [0.1, 0.15) is 5.75 Å². The molecule has 0 bridgehead atoms. The lowest BCUT2D eigenvalue weighted by atomic mass is 9.98. The highest BCUT2D eigenvalue weighted by Crippen LogP contribution is 2.26. The Morgan fingerprint density at radius 2 is 1.85 bits per heavy atom. The number of piperidine rings is 1. The minimum absolute atomic E-state index is 0.0891. The number of carbonyl (C=O) groups excluding carboxylic acids is 1. The van der Waals surface area contributed by atoms with Gasteiger partial charge in [-0.2, -0.15) is 0 Å². The third kappa shape index (κ3) is 4.75. The van der Waals surface area contributed by atoms with E-state index >= 15 is 0 Å². The van der Waals surface area contributed by atoms with Crippen LogP contribution in [0.5, 0.6) is 5.75 Å². The Morgan fingerprint density at radius 3 is 2.44 bits per heavy atom. The van der Waals surface area contributed by atoms with E-state index in [0.29, 0.717) is 16.3 Å². The van der Waals surface area contributed by atoms with Gasteiger partial charge < -0.3 is 15.0 Å². The number of hydrogen-bond acceptors (Lipinski definition) is 3. The van der Waals surface area contributed by atoms with Gasteiger partial charge in [-0.15, -0.1) is 0 Å². The molecule has 1 saturated heterocycles. The van der Waals surface area contributed by atoms with Gasteiger partial charge in [-0.25, -0.2) is 0 Å². The summed E-state index contributed by atoms with van der Waals surface area (Å²) >= 11 is 6.12. The van der Waals surface area contributed by atoms with Crippen LogP contribution in [0.3, 0.4) is 0 Å². The van der Waals surface area contributed by atoms with Crippen LogP contribution in [0, 0.1) is 5.92 Å². The van der Waals surface area contributed by atoms with E-state index in [1.54, 1.807) is 25.3 Å². The van der Waals surface area contributed by atoms with Gasteiger partial charge in [-0.3, -0.25) is 4.79 Å². The highest BCUT2D eigenvalue weighted by Gasteiger charge is 2.17. The van der Waals surface area contributed by atoms with Crippen molar-refractivity contribution in [2.75, 3.05) is 25.1 Å². The van der Waals surface area contributed by atoms with Crippen molar-refractivity contribution in [2.45, 2.75) is 32.7 Å². The molecule has 5 heteroatoms. The molecule has 144 valence electrons. The number of nitrogens with one attached hydrogen (secondary N) is 1. The highest BCUT2D eigenvalue weighted by molar-refractivity contribution is 6.32. The van der Waals surface area contributed by atoms with Gasteiger partial charge in [0.2, 0.25) is 0 Å². The molecule has 0 saturated carbocycles. The second-order valence-corrected chi connectivity index (χ2v) is 7.71. The fourth-order valence-corrected chi connectivity index (χ4v) is 3.67. The Bertz CT molecular complexity index is 783. The monoisotopic (exact) mass is 386 g/mol. The van der Waals surface area contributed by atoms with Crippen molar-refractivity contribution in [1.29, 1.82) is 0 Å². The van der Waals surface area contributed by atoms with E-state index < -0.39 is 0 Å². The van der Waals surface area contributed by atoms with Gasteiger partial charge in [0, 0.05) is 24.3 Å². The molecule has 1 aliphatic rings. The van der Waals surface area contributed by atoms with Crippen LogP contribution >= 0.6 is 11.6 Å². The number of ether oxygens (including phenoxy) is 1. The third-order valence-corrected chi connectivity index (χ3v) is 5.60. The van der Waals surface area contributed by atoms with Crippen LogP contribution in [-0.4, -0.2) is 26.1 Å². The molecule has 1 unspecified atom stereocenters. The van der Waals surface area contributed by atoms with Crippen LogP contribution in [0.2, 0.25) is 5.02 Å². The molecule has 4 nitrogen and oxygen atoms in total. The Balaban J connectivity index is 1.63. The van der Waals surface area contributed by atoms with Gasteiger partial charge in [0.15, 0.2) is 0 Å². The first-order valence-electron chi connectivity index (χ1n) is 9.47. The number of rotatable bonds is 5. The topological polar surface area (TPSA) is 41.6 Å². The molecule has 1 atom stereocenters. The van der Waals surface area contributed by atoms with Gasteiger partial charge >= 0.3 is 0 Å². The van der Waals surface area contributed by atoms with Crippen molar-refractivity contribution in [3.63, 3.8) is 0 Å². The molecule has 1 N–H and O–H groups in total. The fraction of sp³-hybridized carbons (Fsp3) is 0.409. The number of anilines is 1. The first-order chi connectivity index (χ1) is 13.0. The summed E-state index contributed by atoms with van der Waals surface area (Å²) in [7, 11) is 1.55. The van der Waals surface area contributed by atoms with Gasteiger partial charge in [-0.1, -0.05) is 30.7 Å². The molecule has 0 aromatic heterocycles. The zero-order valence-electron chi connectivity index (χ0n) is 16.2. The van der Waals surface area contributed by atoms with Crippen molar-refractivity contribution >= 4 is 23.2 Å². The van der Waals surface area contributed by atoms with Crippen molar-refractivity contribution < 1.29 is 9.53 Å². The summed E-state index contributed by atoms with van der Waals surface area (Å²) in [4.78, 5) is 14.9. The summed E-state index contributed by atoms with van der Waals surface area (Å²) in [5.74, 6) is 1.23. The SMILES string of the molecule is COc1ccc(C(=O)NC(C)c2ccc(N3CCC(C)CC3)cc2)cc1Cl. The second kappa shape index (κ2) is 8.66. The lowest BCUT2D eigenvalue weighted by Gasteiger charge is -2.32. The lowest BCUT2D eigenvalue weighted by Crippen LogP contribution is -2.32. The minimum atomic E-state index is -0.152. The number of methoxy groups -OCH3 is 1. The average molecular weight is 387 g/mol. The predicted octanol–water partition coefficient (Wildman–Crippen LogP) is 5.08. The molecule has 27 heavy (non-hydrogen) atoms. The zero-order valence-corrected chi connectivity index (χ0v) is 16.9. The summed E-state index contributed by atoms with van der Waals surface area (Å²) in [6.07, 6.45) is 2.50. The molecular formula is C22H27ClN2O2. The summed E-state index contributed by atoms with van der Waals surface area (Å²) < 4.78 is 5.13. The predicted molar refractivity (Wildman–Crippen MR) is 111 cm³/mol. The number of nitrogens with zero attached hydrogens (tertiary/aromatic N) is 1. The Labute approximate surface area is 166 Å². The summed E-state index contributed by atoms with van der Waals surface area (Å²) in [6.45, 7) is 6.54. The maximum Gasteiger partial charge on any atom is 0.251 e. The number of halogens is 1. The van der Waals surface area contributed by atoms with E-state index in [4.69, 9.17) is 16.3 Å². The normalized spacial score (nSPS) is 16.1. The van der Waals surface area contributed by atoms with Crippen molar-refractivity contribution in [2.24, 2.45) is 5.92 Å². The Morgan fingerprint density at radius 1 is 1.19 bits per heavy atom. The molecule has 1 aliphatic heterocycles. The van der Waals surface area contributed by atoms with E-state index in [-0.39, 0.29) is 11.9 Å². The van der Waals surface area contributed by atoms with E-state index in [9.17, 15) is 4.79 Å². The van der Waals surface area contributed by atoms with E-state index in [2.05, 4.69) is 41.4 Å². The van der Waals surface area contributed by atoms with E-state index in [1.807, 2.05) is 6.92 Å². The maximum absolute atomic E-state index is 12.5. The summed E-state index contributed by atoms with van der Waals surface area (Å²) in [5, 5.41) is 3.46. The lowest BCUT2D eigenvalue weighted by molar-refractivity contribution is 0.0940. The molecule has 0 radical (unpaired) electrons. The number of amides is 1. The van der Waals surface area contributed by atoms with Crippen LogP contribution < -0.4 is 15.0 Å². The largest absolute Gasteiger partial charge is 0.495 e. The molecule has 1 amide bonds. The zero-order chi connectivity index (χ0) is 19.4. The Hall–Kier alpha value is -2.20. The molecule has 3 rings (SSSR count). The number of carbonyl (C=O) groups is 1. The number of hydrogen-bond donors (Lipinski definition) is 1. The van der Waals surface area contributed by atoms with Crippen LogP contribution in [0.25, 0.3) is 0 Å². The molecule has 2 aromatic carbocycles. The molecule has 0 spiro atoms. The quantitative estimate of drug-likeness (QED) is 0.779. The van der Waals surface area contributed by atoms with Gasteiger partial charge in [-0.05, 0) is 61.6 Å². The average Bonchev–Trinajstić information content (AvgIpc) is 2.68. The van der Waals surface area contributed by atoms with Crippen LogP contribution in [0.15, 0.2) is 42.5 Å². The van der Waals surface area contributed by atoms with Gasteiger partial charge in [0.25, 0.3) is 5.91 Å². The van der Waals surface area contributed by atoms with Crippen molar-refractivity contribution in [3.8, 4) is 5.75 Å². The first kappa shape index (κ1) is 19.6. The molecule has 2 aromatic rings. The highest BCUT2D eigenvalue weighted by atomic mass is 35.5. The van der Waals surface area contributed by atoms with Gasteiger partial charge in [0.05, 0.1) is 18.2 Å². The van der Waals surface area contributed by atoms with Crippen LogP contribution in [0.4, 0.5) is 5.69 Å². The smallest absolute Gasteiger partial charge is 0.251 e. The third-order valence-electron chi connectivity index (χ3n) is 5.30. The maximum atomic E-state index is 12.5. The molecule has 1 heterocycles. The Kier molecular flexibility index (Phi) is 6.27. The summed E-state index contributed by atoms with van der Waals surface area (Å²) in [6, 6.07) is 13.5. The number of benzene rings is 2. The van der Waals surface area contributed by atoms with Crippen molar-refractivity contribution in [3.05, 3.63) is 58.6 Å². The molecular weight excluding hydrogens is 360 g/mol. The molecule has 1 fully saturated rings. The van der Waals surface area contributed by atoms with Crippen LogP contribution in [-0.2, 0) is 0 Å². The van der Waals surface area contributed by atoms with E-state index in [1.165, 1.54) is 18.5 Å². The summed E-state index contributed by atoms with van der Waals surface area (Å²) in [5.41, 5.74) is 2.86.